The molecule has 0 spiro atoms. The summed E-state index contributed by atoms with van der Waals surface area (Å²) >= 11 is 1.67. The summed E-state index contributed by atoms with van der Waals surface area (Å²) in [5.74, 6) is 1.69. The third-order valence-corrected chi connectivity index (χ3v) is 5.73. The van der Waals surface area contributed by atoms with Crippen molar-refractivity contribution in [2.45, 2.75) is 13.0 Å². The highest BCUT2D eigenvalue weighted by molar-refractivity contribution is 7.17. The van der Waals surface area contributed by atoms with Crippen molar-refractivity contribution >= 4 is 45.2 Å². The van der Waals surface area contributed by atoms with E-state index in [1.54, 1.807) is 11.3 Å². The van der Waals surface area contributed by atoms with Crippen LogP contribution in [0.25, 0.3) is 10.2 Å². The Balaban J connectivity index is 1.51. The third kappa shape index (κ3) is 2.93. The van der Waals surface area contributed by atoms with Crippen LogP contribution in [0.15, 0.2) is 34.6 Å². The number of hydrogen-bond acceptors (Lipinski definition) is 7. The first-order chi connectivity index (χ1) is 12.9. The van der Waals surface area contributed by atoms with Gasteiger partial charge < -0.3 is 15.5 Å². The molecule has 0 atom stereocenters. The minimum Gasteiger partial charge on any atom is -0.339 e. The minimum absolute atomic E-state index is 0.783. The molecule has 26 heavy (non-hydrogen) atoms. The van der Waals surface area contributed by atoms with Gasteiger partial charge in [-0.3, -0.25) is 4.99 Å². The molecule has 0 bridgehead atoms. The van der Waals surface area contributed by atoms with Crippen LogP contribution in [-0.2, 0) is 6.54 Å². The lowest BCUT2D eigenvalue weighted by atomic mass is 10.1. The lowest BCUT2D eigenvalue weighted by molar-refractivity contribution is 0.724. The molecule has 0 aliphatic carbocycles. The van der Waals surface area contributed by atoms with Gasteiger partial charge >= 0.3 is 0 Å². The Kier molecular flexibility index (Phi) is 4.03. The van der Waals surface area contributed by atoms with Gasteiger partial charge in [-0.05, 0) is 47.7 Å². The molecule has 0 radical (unpaired) electrons. The quantitative estimate of drug-likeness (QED) is 0.747. The average Bonchev–Trinajstić information content (AvgIpc) is 3.24. The Morgan fingerprint density at radius 3 is 3.12 bits per heavy atom. The van der Waals surface area contributed by atoms with Crippen LogP contribution in [0.4, 0.5) is 17.5 Å². The fraction of sp³-hybridized carbons (Fsp3) is 0.316. The highest BCUT2D eigenvalue weighted by atomic mass is 32.1. The SMILES string of the molecule is C1=NCc2ccc(Nc3nc(N4CCCNCC4)nc4ccsc34)cc21. The minimum atomic E-state index is 0.783. The third-order valence-electron chi connectivity index (χ3n) is 4.82. The van der Waals surface area contributed by atoms with E-state index in [1.165, 1.54) is 11.1 Å². The Morgan fingerprint density at radius 2 is 2.12 bits per heavy atom. The number of nitrogens with one attached hydrogen (secondary N) is 2. The molecule has 1 fully saturated rings. The lowest BCUT2D eigenvalue weighted by Gasteiger charge is -2.20. The van der Waals surface area contributed by atoms with Crippen molar-refractivity contribution in [1.82, 2.24) is 15.3 Å². The molecular formula is C19H20N6S. The number of rotatable bonds is 3. The molecule has 2 N–H and O–H groups in total. The highest BCUT2D eigenvalue weighted by Gasteiger charge is 2.16. The number of aliphatic imine (C=N–C) groups is 1. The molecule has 1 saturated heterocycles. The normalized spacial score (nSPS) is 16.7. The van der Waals surface area contributed by atoms with Gasteiger partial charge in [0.2, 0.25) is 5.95 Å². The maximum atomic E-state index is 4.88. The van der Waals surface area contributed by atoms with Crippen LogP contribution >= 0.6 is 11.3 Å². The predicted octanol–water partition coefficient (Wildman–Crippen LogP) is 3.17. The monoisotopic (exact) mass is 364 g/mol. The molecule has 2 aliphatic heterocycles. The van der Waals surface area contributed by atoms with Crippen LogP contribution < -0.4 is 15.5 Å². The largest absolute Gasteiger partial charge is 0.339 e. The van der Waals surface area contributed by atoms with E-state index in [0.717, 1.165) is 66.8 Å². The summed E-state index contributed by atoms with van der Waals surface area (Å²) in [7, 11) is 0. The molecule has 0 amide bonds. The number of thiophene rings is 1. The number of benzene rings is 1. The van der Waals surface area contributed by atoms with E-state index in [-0.39, 0.29) is 0 Å². The van der Waals surface area contributed by atoms with Crippen molar-refractivity contribution in [1.29, 1.82) is 0 Å². The van der Waals surface area contributed by atoms with Crippen LogP contribution in [0.3, 0.4) is 0 Å². The summed E-state index contributed by atoms with van der Waals surface area (Å²) in [6.07, 6.45) is 3.05. The van der Waals surface area contributed by atoms with E-state index >= 15 is 0 Å². The van der Waals surface area contributed by atoms with Gasteiger partial charge in [0.05, 0.1) is 16.8 Å². The van der Waals surface area contributed by atoms with Crippen LogP contribution in [-0.4, -0.2) is 42.4 Å². The van der Waals surface area contributed by atoms with Crippen LogP contribution in [0.2, 0.25) is 0 Å². The van der Waals surface area contributed by atoms with E-state index in [4.69, 9.17) is 9.97 Å². The summed E-state index contributed by atoms with van der Waals surface area (Å²) < 4.78 is 1.09. The number of anilines is 3. The maximum absolute atomic E-state index is 4.88. The van der Waals surface area contributed by atoms with Gasteiger partial charge in [0, 0.05) is 31.5 Å². The lowest BCUT2D eigenvalue weighted by Crippen LogP contribution is -2.29. The summed E-state index contributed by atoms with van der Waals surface area (Å²) in [4.78, 5) is 16.3. The maximum Gasteiger partial charge on any atom is 0.228 e. The summed E-state index contributed by atoms with van der Waals surface area (Å²) in [6, 6.07) is 8.45. The molecule has 2 aliphatic rings. The Hall–Kier alpha value is -2.51. The number of fused-ring (bicyclic) bond motifs is 2. The van der Waals surface area contributed by atoms with E-state index in [0.29, 0.717) is 0 Å². The van der Waals surface area contributed by atoms with Gasteiger partial charge in [-0.15, -0.1) is 11.3 Å². The first-order valence-electron chi connectivity index (χ1n) is 8.97. The van der Waals surface area contributed by atoms with E-state index in [1.807, 2.05) is 6.21 Å². The van der Waals surface area contributed by atoms with Crippen molar-refractivity contribution in [2.75, 3.05) is 36.4 Å². The second kappa shape index (κ2) is 6.66. The number of nitrogens with zero attached hydrogens (tertiary/aromatic N) is 4. The average molecular weight is 364 g/mol. The molecule has 3 aromatic rings. The summed E-state index contributed by atoms with van der Waals surface area (Å²) in [6.45, 7) is 4.73. The fourth-order valence-electron chi connectivity index (χ4n) is 3.44. The second-order valence-corrected chi connectivity index (χ2v) is 7.52. The van der Waals surface area contributed by atoms with Crippen LogP contribution in [0.5, 0.6) is 0 Å². The molecular weight excluding hydrogens is 344 g/mol. The molecule has 1 aromatic carbocycles. The molecule has 5 rings (SSSR count). The topological polar surface area (TPSA) is 65.4 Å². The van der Waals surface area contributed by atoms with E-state index < -0.39 is 0 Å². The zero-order valence-electron chi connectivity index (χ0n) is 14.4. The summed E-state index contributed by atoms with van der Waals surface area (Å²) in [5, 5.41) is 9.02. The zero-order chi connectivity index (χ0) is 17.3. The van der Waals surface area contributed by atoms with Gasteiger partial charge in [0.1, 0.15) is 0 Å². The fourth-order valence-corrected chi connectivity index (χ4v) is 4.21. The smallest absolute Gasteiger partial charge is 0.228 e. The van der Waals surface area contributed by atoms with Crippen LogP contribution in [0.1, 0.15) is 17.5 Å². The molecule has 132 valence electrons. The Bertz CT molecular complexity index is 971. The standard InChI is InChI=1S/C19H20N6S/c1-5-20-6-8-25(7-1)19-23-16-4-9-26-17(16)18(24-19)22-15-3-2-13-11-21-12-14(13)10-15/h2-4,9-10,12,20H,1,5-8,11H2,(H,22,23,24). The second-order valence-electron chi connectivity index (χ2n) is 6.61. The van der Waals surface area contributed by atoms with Gasteiger partial charge in [-0.25, -0.2) is 4.98 Å². The number of hydrogen-bond donors (Lipinski definition) is 2. The highest BCUT2D eigenvalue weighted by Crippen LogP contribution is 2.31. The van der Waals surface area contributed by atoms with Crippen molar-refractivity contribution in [3.63, 3.8) is 0 Å². The van der Waals surface area contributed by atoms with Gasteiger partial charge in [-0.2, -0.15) is 4.98 Å². The van der Waals surface area contributed by atoms with Crippen molar-refractivity contribution in [2.24, 2.45) is 4.99 Å². The van der Waals surface area contributed by atoms with E-state index in [9.17, 15) is 0 Å². The Labute approximate surface area is 156 Å². The predicted molar refractivity (Wildman–Crippen MR) is 108 cm³/mol. The van der Waals surface area contributed by atoms with Crippen molar-refractivity contribution < 1.29 is 0 Å². The molecule has 0 unspecified atom stereocenters. The first-order valence-corrected chi connectivity index (χ1v) is 9.85. The van der Waals surface area contributed by atoms with E-state index in [2.05, 4.69) is 50.2 Å². The van der Waals surface area contributed by atoms with Gasteiger partial charge in [0.15, 0.2) is 5.82 Å². The zero-order valence-corrected chi connectivity index (χ0v) is 15.2. The van der Waals surface area contributed by atoms with Crippen molar-refractivity contribution in [3.8, 4) is 0 Å². The molecule has 7 heteroatoms. The van der Waals surface area contributed by atoms with Crippen LogP contribution in [0, 0.1) is 0 Å². The van der Waals surface area contributed by atoms with Crippen molar-refractivity contribution in [3.05, 3.63) is 40.8 Å². The first kappa shape index (κ1) is 15.7. The molecule has 2 aromatic heterocycles. The Morgan fingerprint density at radius 1 is 1.12 bits per heavy atom. The van der Waals surface area contributed by atoms with Gasteiger partial charge in [0.25, 0.3) is 0 Å². The molecule has 6 nitrogen and oxygen atoms in total. The van der Waals surface area contributed by atoms with Gasteiger partial charge in [-0.1, -0.05) is 6.07 Å². The molecule has 4 heterocycles. The molecule has 0 saturated carbocycles. The summed E-state index contributed by atoms with van der Waals surface area (Å²) in [5.41, 5.74) is 4.50. The number of aromatic nitrogens is 2.